The van der Waals surface area contributed by atoms with Gasteiger partial charge in [0.1, 0.15) is 11.5 Å². The van der Waals surface area contributed by atoms with Gasteiger partial charge in [-0.1, -0.05) is 0 Å². The van der Waals surface area contributed by atoms with Crippen molar-refractivity contribution in [1.82, 2.24) is 15.0 Å². The summed E-state index contributed by atoms with van der Waals surface area (Å²) >= 11 is 0. The number of benzene rings is 1. The summed E-state index contributed by atoms with van der Waals surface area (Å²) in [6.07, 6.45) is 8.91. The Morgan fingerprint density at radius 1 is 0.774 bits per heavy atom. The predicted molar refractivity (Wildman–Crippen MR) is 123 cm³/mol. The number of ether oxygens (including phenoxy) is 2. The van der Waals surface area contributed by atoms with E-state index in [0.29, 0.717) is 17.4 Å². The first kappa shape index (κ1) is 21.1. The molecule has 0 spiro atoms. The number of anilines is 3. The molecule has 0 unspecified atom stereocenters. The number of nitrogens with zero attached hydrogens (tertiary/aromatic N) is 6. The van der Waals surface area contributed by atoms with Gasteiger partial charge in [0.05, 0.1) is 20.4 Å². The predicted octanol–water partition coefficient (Wildman–Crippen LogP) is 3.32. The zero-order chi connectivity index (χ0) is 21.5. The van der Waals surface area contributed by atoms with Crippen LogP contribution in [0.2, 0.25) is 0 Å². The first-order valence-corrected chi connectivity index (χ1v) is 11.0. The number of aromatic nitrogens is 3. The molecule has 0 aliphatic carbocycles. The summed E-state index contributed by atoms with van der Waals surface area (Å²) in [5, 5.41) is 4.36. The van der Waals surface area contributed by atoms with Crippen LogP contribution in [0.1, 0.15) is 44.1 Å². The lowest BCUT2D eigenvalue weighted by Crippen LogP contribution is -2.34. The fourth-order valence-electron chi connectivity index (χ4n) is 3.94. The van der Waals surface area contributed by atoms with Crippen LogP contribution in [0.15, 0.2) is 23.3 Å². The lowest BCUT2D eigenvalue weighted by atomic mass is 10.1. The first-order valence-electron chi connectivity index (χ1n) is 11.0. The number of piperidine rings is 2. The van der Waals surface area contributed by atoms with Gasteiger partial charge in [-0.25, -0.2) is 5.43 Å². The Labute approximate surface area is 183 Å². The fourth-order valence-corrected chi connectivity index (χ4v) is 3.94. The Morgan fingerprint density at radius 3 is 1.77 bits per heavy atom. The van der Waals surface area contributed by atoms with Crippen LogP contribution < -0.4 is 24.7 Å². The molecule has 2 aromatic rings. The zero-order valence-corrected chi connectivity index (χ0v) is 18.4. The molecule has 31 heavy (non-hydrogen) atoms. The Hall–Kier alpha value is -3.10. The Bertz CT molecular complexity index is 835. The van der Waals surface area contributed by atoms with Gasteiger partial charge in [0.15, 0.2) is 0 Å². The summed E-state index contributed by atoms with van der Waals surface area (Å²) in [5.74, 6) is 3.34. The summed E-state index contributed by atoms with van der Waals surface area (Å²) in [7, 11) is 3.26. The SMILES string of the molecule is COc1cc(C=NNc2nc(N3CCCCC3)nc(N3CCCCC3)n2)cc(OC)c1. The average molecular weight is 426 g/mol. The van der Waals surface area contributed by atoms with Gasteiger partial charge >= 0.3 is 0 Å². The number of nitrogens with one attached hydrogen (secondary N) is 1. The van der Waals surface area contributed by atoms with E-state index in [4.69, 9.17) is 14.5 Å². The second-order valence-corrected chi connectivity index (χ2v) is 7.87. The van der Waals surface area contributed by atoms with Crippen molar-refractivity contribution in [2.45, 2.75) is 38.5 Å². The van der Waals surface area contributed by atoms with Crippen LogP contribution in [0, 0.1) is 0 Å². The topological polar surface area (TPSA) is 88.0 Å². The minimum Gasteiger partial charge on any atom is -0.497 e. The van der Waals surface area contributed by atoms with Crippen LogP contribution in [0.5, 0.6) is 11.5 Å². The Balaban J connectivity index is 1.55. The Kier molecular flexibility index (Phi) is 7.01. The summed E-state index contributed by atoms with van der Waals surface area (Å²) < 4.78 is 10.6. The molecule has 9 heteroatoms. The largest absolute Gasteiger partial charge is 0.497 e. The highest BCUT2D eigenvalue weighted by molar-refractivity contribution is 5.81. The zero-order valence-electron chi connectivity index (χ0n) is 18.4. The third-order valence-electron chi connectivity index (χ3n) is 5.64. The van der Waals surface area contributed by atoms with Gasteiger partial charge in [0.25, 0.3) is 0 Å². The lowest BCUT2D eigenvalue weighted by Gasteiger charge is -2.30. The maximum absolute atomic E-state index is 5.32. The summed E-state index contributed by atoms with van der Waals surface area (Å²) in [5.41, 5.74) is 3.85. The number of methoxy groups -OCH3 is 2. The van der Waals surface area contributed by atoms with Crippen LogP contribution in [-0.2, 0) is 0 Å². The molecule has 1 N–H and O–H groups in total. The fraction of sp³-hybridized carbons (Fsp3) is 0.545. The van der Waals surface area contributed by atoms with Crippen molar-refractivity contribution >= 4 is 24.1 Å². The quantitative estimate of drug-likeness (QED) is 0.534. The van der Waals surface area contributed by atoms with Crippen LogP contribution in [0.25, 0.3) is 0 Å². The molecule has 0 saturated carbocycles. The summed E-state index contributed by atoms with van der Waals surface area (Å²) in [4.78, 5) is 18.6. The van der Waals surface area contributed by atoms with Crippen LogP contribution in [0.4, 0.5) is 17.8 Å². The van der Waals surface area contributed by atoms with Gasteiger partial charge in [0, 0.05) is 37.8 Å². The third kappa shape index (κ3) is 5.53. The van der Waals surface area contributed by atoms with Gasteiger partial charge < -0.3 is 19.3 Å². The smallest absolute Gasteiger partial charge is 0.250 e. The van der Waals surface area contributed by atoms with E-state index in [1.54, 1.807) is 20.4 Å². The van der Waals surface area contributed by atoms with Crippen LogP contribution in [-0.4, -0.2) is 61.6 Å². The highest BCUT2D eigenvalue weighted by atomic mass is 16.5. The molecule has 2 aliphatic rings. The molecule has 0 radical (unpaired) electrons. The number of hydrogen-bond donors (Lipinski definition) is 1. The van der Waals surface area contributed by atoms with E-state index in [-0.39, 0.29) is 0 Å². The molecule has 2 saturated heterocycles. The number of hydrazone groups is 1. The van der Waals surface area contributed by atoms with Crippen molar-refractivity contribution in [3.05, 3.63) is 23.8 Å². The minimum absolute atomic E-state index is 0.460. The minimum atomic E-state index is 0.460. The average Bonchev–Trinajstić information content (AvgIpc) is 2.84. The summed E-state index contributed by atoms with van der Waals surface area (Å²) in [6.45, 7) is 3.93. The van der Waals surface area contributed by atoms with Crippen molar-refractivity contribution in [3.63, 3.8) is 0 Å². The van der Waals surface area contributed by atoms with Gasteiger partial charge in [-0.2, -0.15) is 20.1 Å². The van der Waals surface area contributed by atoms with Crippen molar-refractivity contribution in [1.29, 1.82) is 0 Å². The molecule has 1 aromatic carbocycles. The van der Waals surface area contributed by atoms with Crippen molar-refractivity contribution < 1.29 is 9.47 Å². The normalized spacial score (nSPS) is 17.1. The van der Waals surface area contributed by atoms with Crippen molar-refractivity contribution in [3.8, 4) is 11.5 Å². The molecule has 0 atom stereocenters. The second kappa shape index (κ2) is 10.3. The highest BCUT2D eigenvalue weighted by Crippen LogP contribution is 2.23. The molecule has 0 bridgehead atoms. The molecule has 166 valence electrons. The maximum atomic E-state index is 5.32. The first-order chi connectivity index (χ1) is 15.2. The molecule has 2 aliphatic heterocycles. The van der Waals surface area contributed by atoms with Gasteiger partial charge in [0.2, 0.25) is 17.8 Å². The monoisotopic (exact) mass is 425 g/mol. The van der Waals surface area contributed by atoms with E-state index in [2.05, 4.69) is 30.3 Å². The summed E-state index contributed by atoms with van der Waals surface area (Å²) in [6, 6.07) is 5.60. The highest BCUT2D eigenvalue weighted by Gasteiger charge is 2.20. The number of hydrogen-bond acceptors (Lipinski definition) is 9. The standard InChI is InChI=1S/C22H31N7O2/c1-30-18-13-17(14-19(15-18)31-2)16-23-27-20-24-21(28-9-5-3-6-10-28)26-22(25-20)29-11-7-4-8-12-29/h13-16H,3-12H2,1-2H3,(H,24,25,26,27). The van der Waals surface area contributed by atoms with E-state index in [1.165, 1.54) is 38.5 Å². The molecular weight excluding hydrogens is 394 g/mol. The van der Waals surface area contributed by atoms with Crippen LogP contribution >= 0.6 is 0 Å². The molecule has 1 aromatic heterocycles. The molecular formula is C22H31N7O2. The van der Waals surface area contributed by atoms with Gasteiger partial charge in [-0.05, 0) is 50.7 Å². The maximum Gasteiger partial charge on any atom is 0.250 e. The molecule has 0 amide bonds. The van der Waals surface area contributed by atoms with E-state index in [9.17, 15) is 0 Å². The lowest BCUT2D eigenvalue weighted by molar-refractivity contribution is 0.394. The van der Waals surface area contributed by atoms with Crippen molar-refractivity contribution in [2.24, 2.45) is 5.10 Å². The molecule has 9 nitrogen and oxygen atoms in total. The van der Waals surface area contributed by atoms with E-state index < -0.39 is 0 Å². The second-order valence-electron chi connectivity index (χ2n) is 7.87. The van der Waals surface area contributed by atoms with Crippen molar-refractivity contribution in [2.75, 3.05) is 55.6 Å². The third-order valence-corrected chi connectivity index (χ3v) is 5.64. The van der Waals surface area contributed by atoms with E-state index >= 15 is 0 Å². The van der Waals surface area contributed by atoms with Crippen LogP contribution in [0.3, 0.4) is 0 Å². The Morgan fingerprint density at radius 2 is 1.29 bits per heavy atom. The molecule has 2 fully saturated rings. The van der Waals surface area contributed by atoms with E-state index in [0.717, 1.165) is 43.6 Å². The van der Waals surface area contributed by atoms with E-state index in [1.807, 2.05) is 18.2 Å². The number of rotatable bonds is 7. The van der Waals surface area contributed by atoms with Gasteiger partial charge in [-0.15, -0.1) is 0 Å². The molecule has 3 heterocycles. The van der Waals surface area contributed by atoms with Gasteiger partial charge in [-0.3, -0.25) is 0 Å². The molecule has 4 rings (SSSR count).